The molecule has 1 fully saturated rings. The van der Waals surface area contributed by atoms with E-state index in [4.69, 9.17) is 0 Å². The molecular weight excluding hydrogens is 252 g/mol. The second-order valence-electron chi connectivity index (χ2n) is 4.81. The summed E-state index contributed by atoms with van der Waals surface area (Å²) in [5.74, 6) is -0.144. The van der Waals surface area contributed by atoms with Gasteiger partial charge in [0.2, 0.25) is 10.1 Å². The molecule has 2 heterocycles. The molecule has 100 valence electrons. The molecular formula is C11H18N4O2S. The van der Waals surface area contributed by atoms with Crippen molar-refractivity contribution >= 4 is 22.4 Å². The first-order valence-electron chi connectivity index (χ1n) is 6.11. The summed E-state index contributed by atoms with van der Waals surface area (Å²) in [6.07, 6.45) is 1.61. The smallest absolute Gasteiger partial charge is 0.285 e. The average molecular weight is 270 g/mol. The van der Waals surface area contributed by atoms with Crippen LogP contribution in [-0.4, -0.2) is 51.3 Å². The van der Waals surface area contributed by atoms with Gasteiger partial charge in [0.1, 0.15) is 0 Å². The maximum atomic E-state index is 12.1. The molecule has 0 spiro atoms. The molecule has 0 aromatic carbocycles. The van der Waals surface area contributed by atoms with Crippen LogP contribution in [0.4, 0.5) is 5.13 Å². The molecule has 2 N–H and O–H groups in total. The Hall–Kier alpha value is -1.21. The van der Waals surface area contributed by atoms with Crippen molar-refractivity contribution < 1.29 is 9.90 Å². The number of anilines is 1. The van der Waals surface area contributed by atoms with Gasteiger partial charge in [0.25, 0.3) is 5.91 Å². The van der Waals surface area contributed by atoms with Crippen molar-refractivity contribution in [2.75, 3.05) is 25.0 Å². The van der Waals surface area contributed by atoms with E-state index in [2.05, 4.69) is 22.4 Å². The van der Waals surface area contributed by atoms with E-state index in [-0.39, 0.29) is 5.91 Å². The third-order valence-electron chi connectivity index (χ3n) is 2.87. The minimum atomic E-state index is -0.774. The maximum absolute atomic E-state index is 12.1. The summed E-state index contributed by atoms with van der Waals surface area (Å²) < 4.78 is 0. The van der Waals surface area contributed by atoms with E-state index in [1.807, 2.05) is 0 Å². The molecule has 1 aromatic rings. The third kappa shape index (κ3) is 2.97. The van der Waals surface area contributed by atoms with E-state index in [0.29, 0.717) is 29.6 Å². The number of rotatable bonds is 4. The summed E-state index contributed by atoms with van der Waals surface area (Å²) in [5, 5.41) is 21.8. The van der Waals surface area contributed by atoms with E-state index < -0.39 is 5.60 Å². The molecule has 7 heteroatoms. The number of carbonyl (C=O) groups is 1. The lowest BCUT2D eigenvalue weighted by molar-refractivity contribution is 0.0571. The standard InChI is InChI=1S/C11H18N4O2S/c1-3-5-12-10-14-13-8(18-10)9(16)15-6-4-11(2,17)7-15/h17H,3-7H2,1-2H3,(H,12,14). The Kier molecular flexibility index (Phi) is 3.82. The molecule has 18 heavy (non-hydrogen) atoms. The van der Waals surface area contributed by atoms with Gasteiger partial charge in [-0.1, -0.05) is 18.3 Å². The van der Waals surface area contributed by atoms with Crippen LogP contribution < -0.4 is 5.32 Å². The number of amides is 1. The molecule has 6 nitrogen and oxygen atoms in total. The molecule has 2 rings (SSSR count). The van der Waals surface area contributed by atoms with Crippen molar-refractivity contribution in [3.8, 4) is 0 Å². The minimum Gasteiger partial charge on any atom is -0.388 e. The molecule has 0 bridgehead atoms. The van der Waals surface area contributed by atoms with Gasteiger partial charge in [0.15, 0.2) is 0 Å². The Labute approximate surface area is 110 Å². The van der Waals surface area contributed by atoms with Crippen LogP contribution in [0.3, 0.4) is 0 Å². The van der Waals surface area contributed by atoms with Crippen LogP contribution in [0.15, 0.2) is 0 Å². The predicted molar refractivity (Wildman–Crippen MR) is 69.8 cm³/mol. The van der Waals surface area contributed by atoms with Gasteiger partial charge in [0.05, 0.1) is 5.60 Å². The fourth-order valence-corrected chi connectivity index (χ4v) is 2.60. The second-order valence-corrected chi connectivity index (χ2v) is 5.79. The van der Waals surface area contributed by atoms with Crippen LogP contribution >= 0.6 is 11.3 Å². The topological polar surface area (TPSA) is 78.4 Å². The Bertz CT molecular complexity index is 432. The average Bonchev–Trinajstić information content (AvgIpc) is 2.92. The van der Waals surface area contributed by atoms with E-state index >= 15 is 0 Å². The molecule has 0 saturated carbocycles. The van der Waals surface area contributed by atoms with Crippen molar-refractivity contribution in [1.29, 1.82) is 0 Å². The van der Waals surface area contributed by atoms with E-state index in [0.717, 1.165) is 13.0 Å². The monoisotopic (exact) mass is 270 g/mol. The summed E-state index contributed by atoms with van der Waals surface area (Å²) in [7, 11) is 0. The fourth-order valence-electron chi connectivity index (χ4n) is 1.87. The zero-order chi connectivity index (χ0) is 13.2. The molecule has 1 amide bonds. The van der Waals surface area contributed by atoms with Crippen molar-refractivity contribution in [3.05, 3.63) is 5.01 Å². The molecule has 1 atom stereocenters. The van der Waals surface area contributed by atoms with Gasteiger partial charge >= 0.3 is 0 Å². The number of carbonyl (C=O) groups excluding carboxylic acids is 1. The summed E-state index contributed by atoms with van der Waals surface area (Å²) >= 11 is 1.26. The minimum absolute atomic E-state index is 0.144. The van der Waals surface area contributed by atoms with E-state index in [1.165, 1.54) is 11.3 Å². The summed E-state index contributed by atoms with van der Waals surface area (Å²) in [4.78, 5) is 13.7. The van der Waals surface area contributed by atoms with E-state index in [9.17, 15) is 9.90 Å². The molecule has 1 aliphatic heterocycles. The van der Waals surface area contributed by atoms with Gasteiger partial charge in [-0.15, -0.1) is 10.2 Å². The normalized spacial score (nSPS) is 23.4. The zero-order valence-corrected chi connectivity index (χ0v) is 11.5. The van der Waals surface area contributed by atoms with Crippen LogP contribution in [0.1, 0.15) is 36.5 Å². The Morgan fingerprint density at radius 1 is 1.61 bits per heavy atom. The van der Waals surface area contributed by atoms with Crippen molar-refractivity contribution in [1.82, 2.24) is 15.1 Å². The number of hydrogen-bond acceptors (Lipinski definition) is 6. The number of nitrogens with zero attached hydrogens (tertiary/aromatic N) is 3. The fraction of sp³-hybridized carbons (Fsp3) is 0.727. The van der Waals surface area contributed by atoms with Crippen LogP contribution in [0.5, 0.6) is 0 Å². The van der Waals surface area contributed by atoms with Crippen molar-refractivity contribution in [2.45, 2.75) is 32.3 Å². The Balaban J connectivity index is 1.99. The van der Waals surface area contributed by atoms with Crippen LogP contribution in [0.25, 0.3) is 0 Å². The lowest BCUT2D eigenvalue weighted by atomic mass is 10.1. The molecule has 0 radical (unpaired) electrons. The number of aromatic nitrogens is 2. The third-order valence-corrected chi connectivity index (χ3v) is 3.74. The number of likely N-dealkylation sites (tertiary alicyclic amines) is 1. The first-order valence-corrected chi connectivity index (χ1v) is 6.92. The largest absolute Gasteiger partial charge is 0.388 e. The molecule has 0 aliphatic carbocycles. The van der Waals surface area contributed by atoms with Gasteiger partial charge in [-0.3, -0.25) is 4.79 Å². The summed E-state index contributed by atoms with van der Waals surface area (Å²) in [6, 6.07) is 0. The number of aliphatic hydroxyl groups is 1. The van der Waals surface area contributed by atoms with Crippen molar-refractivity contribution in [3.63, 3.8) is 0 Å². The number of nitrogens with one attached hydrogen (secondary N) is 1. The quantitative estimate of drug-likeness (QED) is 0.852. The maximum Gasteiger partial charge on any atom is 0.285 e. The molecule has 1 saturated heterocycles. The van der Waals surface area contributed by atoms with Crippen LogP contribution in [0.2, 0.25) is 0 Å². The van der Waals surface area contributed by atoms with Crippen LogP contribution in [-0.2, 0) is 0 Å². The van der Waals surface area contributed by atoms with Gasteiger partial charge in [-0.2, -0.15) is 0 Å². The first kappa shape index (κ1) is 13.2. The van der Waals surface area contributed by atoms with Gasteiger partial charge in [-0.05, 0) is 19.8 Å². The highest BCUT2D eigenvalue weighted by Crippen LogP contribution is 2.24. The number of hydrogen-bond donors (Lipinski definition) is 2. The van der Waals surface area contributed by atoms with Gasteiger partial charge in [-0.25, -0.2) is 0 Å². The van der Waals surface area contributed by atoms with Gasteiger partial charge in [0, 0.05) is 19.6 Å². The molecule has 1 unspecified atom stereocenters. The van der Waals surface area contributed by atoms with E-state index in [1.54, 1.807) is 11.8 Å². The second kappa shape index (κ2) is 5.19. The highest BCUT2D eigenvalue weighted by molar-refractivity contribution is 7.17. The Morgan fingerprint density at radius 3 is 3.00 bits per heavy atom. The highest BCUT2D eigenvalue weighted by atomic mass is 32.1. The lowest BCUT2D eigenvalue weighted by Crippen LogP contribution is -2.33. The summed E-state index contributed by atoms with van der Waals surface area (Å²) in [6.45, 7) is 5.56. The SMILES string of the molecule is CCCNc1nnc(C(=O)N2CCC(C)(O)C2)s1. The highest BCUT2D eigenvalue weighted by Gasteiger charge is 2.35. The molecule has 1 aromatic heterocycles. The Morgan fingerprint density at radius 2 is 2.39 bits per heavy atom. The predicted octanol–water partition coefficient (Wildman–Crippen LogP) is 0.957. The zero-order valence-electron chi connectivity index (χ0n) is 10.6. The first-order chi connectivity index (χ1) is 8.52. The van der Waals surface area contributed by atoms with Crippen molar-refractivity contribution in [2.24, 2.45) is 0 Å². The summed E-state index contributed by atoms with van der Waals surface area (Å²) in [5.41, 5.74) is -0.774. The lowest BCUT2D eigenvalue weighted by Gasteiger charge is -2.17. The van der Waals surface area contributed by atoms with Crippen LogP contribution in [0, 0.1) is 0 Å². The molecule has 1 aliphatic rings. The number of β-amino-alcohol motifs (C(OH)–C–C–N with tert-alkyl or cyclic N) is 1. The van der Waals surface area contributed by atoms with Gasteiger partial charge < -0.3 is 15.3 Å².